The lowest BCUT2D eigenvalue weighted by molar-refractivity contribution is 0.790. The molecule has 0 saturated heterocycles. The Morgan fingerprint density at radius 1 is 1.29 bits per heavy atom. The van der Waals surface area contributed by atoms with Crippen molar-refractivity contribution in [3.63, 3.8) is 0 Å². The zero-order chi connectivity index (χ0) is 9.80. The molecule has 5 heteroatoms. The lowest BCUT2D eigenvalue weighted by Crippen LogP contribution is -1.93. The Hall–Kier alpha value is -1.49. The fourth-order valence-corrected chi connectivity index (χ4v) is 1.60. The van der Waals surface area contributed by atoms with E-state index in [2.05, 4.69) is 14.9 Å². The van der Waals surface area contributed by atoms with Crippen LogP contribution in [-0.4, -0.2) is 14.8 Å². The SMILES string of the molecule is Cn1cnnc1SNc1ccccc1. The number of aryl methyl sites for hydroxylation is 1. The van der Waals surface area contributed by atoms with E-state index in [1.54, 1.807) is 6.33 Å². The average Bonchev–Trinajstić information content (AvgIpc) is 2.63. The van der Waals surface area contributed by atoms with Gasteiger partial charge in [-0.3, -0.25) is 0 Å². The molecular weight excluding hydrogens is 196 g/mol. The van der Waals surface area contributed by atoms with Gasteiger partial charge in [0.25, 0.3) is 0 Å². The minimum atomic E-state index is 0.842. The number of hydrogen-bond acceptors (Lipinski definition) is 4. The second kappa shape index (κ2) is 4.15. The first kappa shape index (κ1) is 9.08. The number of nitrogens with zero attached hydrogens (tertiary/aromatic N) is 3. The molecule has 1 N–H and O–H groups in total. The maximum absolute atomic E-state index is 3.94. The number of para-hydroxylation sites is 1. The van der Waals surface area contributed by atoms with Gasteiger partial charge >= 0.3 is 0 Å². The third-order valence-corrected chi connectivity index (χ3v) is 2.59. The summed E-state index contributed by atoms with van der Waals surface area (Å²) in [5.74, 6) is 0. The van der Waals surface area contributed by atoms with Crippen LogP contribution in [0.25, 0.3) is 0 Å². The van der Waals surface area contributed by atoms with Crippen molar-refractivity contribution in [1.29, 1.82) is 0 Å². The molecule has 2 rings (SSSR count). The van der Waals surface area contributed by atoms with E-state index in [0.29, 0.717) is 0 Å². The van der Waals surface area contributed by atoms with Gasteiger partial charge in [0.1, 0.15) is 6.33 Å². The normalized spacial score (nSPS) is 10.1. The molecule has 0 bridgehead atoms. The van der Waals surface area contributed by atoms with Gasteiger partial charge in [0.15, 0.2) is 0 Å². The van der Waals surface area contributed by atoms with Crippen molar-refractivity contribution in [2.45, 2.75) is 5.16 Å². The van der Waals surface area contributed by atoms with Crippen molar-refractivity contribution < 1.29 is 0 Å². The molecule has 0 saturated carbocycles. The molecule has 0 aliphatic carbocycles. The van der Waals surface area contributed by atoms with Gasteiger partial charge in [-0.1, -0.05) is 18.2 Å². The van der Waals surface area contributed by atoms with Crippen LogP contribution in [-0.2, 0) is 7.05 Å². The molecular formula is C9H10N4S. The summed E-state index contributed by atoms with van der Waals surface area (Å²) >= 11 is 1.45. The molecule has 0 aliphatic rings. The van der Waals surface area contributed by atoms with E-state index in [1.165, 1.54) is 11.9 Å². The largest absolute Gasteiger partial charge is 0.323 e. The Morgan fingerprint density at radius 3 is 2.71 bits per heavy atom. The number of aromatic nitrogens is 3. The van der Waals surface area contributed by atoms with Gasteiger partial charge in [0.2, 0.25) is 5.16 Å². The first-order valence-electron chi connectivity index (χ1n) is 4.18. The van der Waals surface area contributed by atoms with Gasteiger partial charge in [-0.2, -0.15) is 0 Å². The zero-order valence-electron chi connectivity index (χ0n) is 7.71. The summed E-state index contributed by atoms with van der Waals surface area (Å²) in [5, 5.41) is 8.57. The Bertz CT molecular complexity index is 398. The highest BCUT2D eigenvalue weighted by Crippen LogP contribution is 2.17. The minimum Gasteiger partial charge on any atom is -0.323 e. The third kappa shape index (κ3) is 2.05. The van der Waals surface area contributed by atoms with E-state index in [4.69, 9.17) is 0 Å². The Morgan fingerprint density at radius 2 is 2.07 bits per heavy atom. The first-order valence-corrected chi connectivity index (χ1v) is 5.00. The Kier molecular flexibility index (Phi) is 2.69. The second-order valence-electron chi connectivity index (χ2n) is 2.79. The highest BCUT2D eigenvalue weighted by molar-refractivity contribution is 8.00. The number of hydrogen-bond donors (Lipinski definition) is 1. The second-order valence-corrected chi connectivity index (χ2v) is 3.57. The number of nitrogens with one attached hydrogen (secondary N) is 1. The standard InChI is InChI=1S/C9H10N4S/c1-13-7-10-11-9(13)14-12-8-5-3-2-4-6-8/h2-7,12H,1H3. The van der Waals surface area contributed by atoms with E-state index in [-0.39, 0.29) is 0 Å². The molecule has 1 heterocycles. The number of benzene rings is 1. The zero-order valence-corrected chi connectivity index (χ0v) is 8.53. The molecule has 0 amide bonds. The molecule has 0 aliphatic heterocycles. The van der Waals surface area contributed by atoms with Crippen LogP contribution in [0.15, 0.2) is 41.8 Å². The van der Waals surface area contributed by atoms with Crippen LogP contribution >= 0.6 is 11.9 Å². The molecule has 1 aromatic heterocycles. The van der Waals surface area contributed by atoms with Crippen molar-refractivity contribution in [3.05, 3.63) is 36.7 Å². The predicted octanol–water partition coefficient (Wildman–Crippen LogP) is 1.93. The van der Waals surface area contributed by atoms with Crippen molar-refractivity contribution in [3.8, 4) is 0 Å². The molecule has 0 radical (unpaired) electrons. The van der Waals surface area contributed by atoms with Crippen LogP contribution in [0.2, 0.25) is 0 Å². The van der Waals surface area contributed by atoms with Gasteiger partial charge < -0.3 is 9.29 Å². The van der Waals surface area contributed by atoms with Crippen molar-refractivity contribution >= 4 is 17.6 Å². The van der Waals surface area contributed by atoms with Gasteiger partial charge in [-0.15, -0.1) is 10.2 Å². The first-order chi connectivity index (χ1) is 6.86. The molecule has 2 aromatic rings. The summed E-state index contributed by atoms with van der Waals surface area (Å²) in [5.41, 5.74) is 1.06. The highest BCUT2D eigenvalue weighted by Gasteiger charge is 2.00. The third-order valence-electron chi connectivity index (χ3n) is 1.70. The van der Waals surface area contributed by atoms with E-state index < -0.39 is 0 Å². The molecule has 14 heavy (non-hydrogen) atoms. The summed E-state index contributed by atoms with van der Waals surface area (Å²) in [4.78, 5) is 0. The topological polar surface area (TPSA) is 42.7 Å². The van der Waals surface area contributed by atoms with E-state index in [1.807, 2.05) is 41.9 Å². The highest BCUT2D eigenvalue weighted by atomic mass is 32.2. The molecule has 4 nitrogen and oxygen atoms in total. The van der Waals surface area contributed by atoms with Crippen LogP contribution in [0.3, 0.4) is 0 Å². The molecule has 0 spiro atoms. The molecule has 0 fully saturated rings. The summed E-state index contributed by atoms with van der Waals surface area (Å²) in [7, 11) is 1.91. The van der Waals surface area contributed by atoms with Gasteiger partial charge in [-0.25, -0.2) is 0 Å². The maximum Gasteiger partial charge on any atom is 0.211 e. The molecule has 1 aromatic carbocycles. The lowest BCUT2D eigenvalue weighted by atomic mass is 10.3. The Labute approximate surface area is 86.5 Å². The van der Waals surface area contributed by atoms with E-state index >= 15 is 0 Å². The smallest absolute Gasteiger partial charge is 0.211 e. The van der Waals surface area contributed by atoms with E-state index in [9.17, 15) is 0 Å². The minimum absolute atomic E-state index is 0.842. The fraction of sp³-hybridized carbons (Fsp3) is 0.111. The maximum atomic E-state index is 3.94. The van der Waals surface area contributed by atoms with Crippen molar-refractivity contribution in [2.24, 2.45) is 7.05 Å². The monoisotopic (exact) mass is 206 g/mol. The fourth-order valence-electron chi connectivity index (χ4n) is 0.976. The predicted molar refractivity (Wildman–Crippen MR) is 56.9 cm³/mol. The van der Waals surface area contributed by atoms with Gasteiger partial charge in [0, 0.05) is 24.7 Å². The van der Waals surface area contributed by atoms with Crippen LogP contribution in [0, 0.1) is 0 Å². The van der Waals surface area contributed by atoms with Gasteiger partial charge in [0.05, 0.1) is 0 Å². The van der Waals surface area contributed by atoms with E-state index in [0.717, 1.165) is 10.8 Å². The van der Waals surface area contributed by atoms with Crippen molar-refractivity contribution in [2.75, 3.05) is 4.72 Å². The van der Waals surface area contributed by atoms with Crippen LogP contribution in [0.5, 0.6) is 0 Å². The summed E-state index contributed by atoms with van der Waals surface area (Å²) in [6.45, 7) is 0. The lowest BCUT2D eigenvalue weighted by Gasteiger charge is -2.02. The van der Waals surface area contributed by atoms with Gasteiger partial charge in [-0.05, 0) is 12.1 Å². The molecule has 0 atom stereocenters. The average molecular weight is 206 g/mol. The summed E-state index contributed by atoms with van der Waals surface area (Å²) < 4.78 is 5.04. The Balaban J connectivity index is 1.99. The number of anilines is 1. The van der Waals surface area contributed by atoms with Crippen molar-refractivity contribution in [1.82, 2.24) is 14.8 Å². The van der Waals surface area contributed by atoms with Crippen LogP contribution in [0.4, 0.5) is 5.69 Å². The number of rotatable bonds is 3. The van der Waals surface area contributed by atoms with Crippen LogP contribution in [0.1, 0.15) is 0 Å². The molecule has 72 valence electrons. The summed E-state index contributed by atoms with van der Waals surface area (Å²) in [6, 6.07) is 9.96. The quantitative estimate of drug-likeness (QED) is 0.779. The molecule has 0 unspecified atom stereocenters. The van der Waals surface area contributed by atoms with Crippen LogP contribution < -0.4 is 4.72 Å². The summed E-state index contributed by atoms with van der Waals surface area (Å²) in [6.07, 6.45) is 1.68.